The Bertz CT molecular complexity index is 673. The molecule has 0 radical (unpaired) electrons. The third-order valence-corrected chi connectivity index (χ3v) is 14.6. The lowest BCUT2D eigenvalue weighted by molar-refractivity contribution is -0.296. The first-order chi connectivity index (χ1) is 19.0. The monoisotopic (exact) mass is 586 g/mol. The summed E-state index contributed by atoms with van der Waals surface area (Å²) in [5.74, 6) is -0.578. The maximum atomic E-state index is 12.5. The van der Waals surface area contributed by atoms with Gasteiger partial charge in [-0.25, -0.2) is 4.79 Å². The molecule has 1 saturated heterocycles. The average molecular weight is 587 g/mol. The lowest BCUT2D eigenvalue weighted by atomic mass is 9.99. The summed E-state index contributed by atoms with van der Waals surface area (Å²) in [6.07, 6.45) is 12.6. The number of aliphatic hydroxyl groups is 2. The summed E-state index contributed by atoms with van der Waals surface area (Å²) in [7, 11) is -0.750. The minimum absolute atomic E-state index is 0.151. The number of carbonyl (C=O) groups is 1. The number of ether oxygens (including phenoxy) is 3. The summed E-state index contributed by atoms with van der Waals surface area (Å²) in [4.78, 5) is 12.5. The minimum Gasteiger partial charge on any atom is -0.451 e. The van der Waals surface area contributed by atoms with E-state index in [1.165, 1.54) is 71.0 Å². The summed E-state index contributed by atoms with van der Waals surface area (Å²) < 4.78 is 23.4. The molecule has 0 saturated carbocycles. The lowest BCUT2D eigenvalue weighted by Gasteiger charge is -2.45. The molecule has 0 aromatic carbocycles. The van der Waals surface area contributed by atoms with E-state index in [1.807, 2.05) is 6.08 Å². The Balaban J connectivity index is 2.47. The molecule has 0 aromatic heterocycles. The molecule has 2 N–H and O–H groups in total. The molecule has 0 aromatic rings. The zero-order valence-electron chi connectivity index (χ0n) is 26.9. The molecule has 1 heterocycles. The van der Waals surface area contributed by atoms with E-state index < -0.39 is 45.0 Å². The van der Waals surface area contributed by atoms with E-state index >= 15 is 0 Å². The zero-order chi connectivity index (χ0) is 30.1. The molecule has 0 aliphatic carbocycles. The first-order valence-corrected chi connectivity index (χ1v) is 18.2. The van der Waals surface area contributed by atoms with Crippen molar-refractivity contribution in [3.63, 3.8) is 0 Å². The molecule has 1 aliphatic rings. The highest BCUT2D eigenvalue weighted by atomic mass is 28.4. The highest BCUT2D eigenvalue weighted by Crippen LogP contribution is 2.42. The van der Waals surface area contributed by atoms with Gasteiger partial charge in [0.05, 0.1) is 6.61 Å². The zero-order valence-corrected chi connectivity index (χ0v) is 27.9. The number of allylic oxidation sites excluding steroid dienone is 1. The SMILES string of the molecule is CCCCCCCCCCCCC/C=C/C(=O)O[C@H]1[C@@H](OC)O[C@H](CO[Si](C(C)C)(C(C)C)C(C)C)[C@H](O)[C@@H]1O. The Hall–Kier alpha value is -0.773. The van der Waals surface area contributed by atoms with Crippen LogP contribution in [-0.2, 0) is 23.4 Å². The third kappa shape index (κ3) is 11.8. The highest BCUT2D eigenvalue weighted by Gasteiger charge is 2.50. The van der Waals surface area contributed by atoms with Gasteiger partial charge in [-0.05, 0) is 29.5 Å². The van der Waals surface area contributed by atoms with Crippen molar-refractivity contribution in [1.82, 2.24) is 0 Å². The number of hydrogen-bond acceptors (Lipinski definition) is 7. The van der Waals surface area contributed by atoms with Crippen molar-refractivity contribution in [2.45, 2.75) is 173 Å². The van der Waals surface area contributed by atoms with Crippen LogP contribution in [0.5, 0.6) is 0 Å². The van der Waals surface area contributed by atoms with Gasteiger partial charge in [0.15, 0.2) is 20.7 Å². The second-order valence-electron chi connectivity index (χ2n) is 12.5. The maximum Gasteiger partial charge on any atom is 0.330 e. The van der Waals surface area contributed by atoms with E-state index in [-0.39, 0.29) is 6.61 Å². The summed E-state index contributed by atoms with van der Waals surface area (Å²) >= 11 is 0. The van der Waals surface area contributed by atoms with E-state index in [4.69, 9.17) is 18.6 Å². The number of carbonyl (C=O) groups excluding carboxylic acids is 1. The topological polar surface area (TPSA) is 94.5 Å². The normalized spacial score (nSPS) is 24.1. The van der Waals surface area contributed by atoms with Gasteiger partial charge in [-0.15, -0.1) is 0 Å². The summed E-state index contributed by atoms with van der Waals surface area (Å²) in [5.41, 5.74) is 1.13. The van der Waals surface area contributed by atoms with Gasteiger partial charge in [0.1, 0.15) is 18.3 Å². The van der Waals surface area contributed by atoms with Crippen molar-refractivity contribution in [3.8, 4) is 0 Å². The summed E-state index contributed by atoms with van der Waals surface area (Å²) in [6.45, 7) is 15.6. The van der Waals surface area contributed by atoms with E-state index in [1.54, 1.807) is 0 Å². The van der Waals surface area contributed by atoms with E-state index in [2.05, 4.69) is 48.5 Å². The Morgan fingerprint density at radius 2 is 1.32 bits per heavy atom. The molecule has 8 heteroatoms. The molecule has 7 nitrogen and oxygen atoms in total. The van der Waals surface area contributed by atoms with E-state index in [0.29, 0.717) is 16.6 Å². The lowest BCUT2D eigenvalue weighted by Crippen LogP contribution is -2.61. The van der Waals surface area contributed by atoms with Crippen LogP contribution in [0.1, 0.15) is 126 Å². The van der Waals surface area contributed by atoms with Gasteiger partial charge in [-0.1, -0.05) is 119 Å². The molecular weight excluding hydrogens is 524 g/mol. The summed E-state index contributed by atoms with van der Waals surface area (Å²) in [5, 5.41) is 21.7. The second kappa shape index (κ2) is 20.2. The van der Waals surface area contributed by atoms with Crippen LogP contribution >= 0.6 is 0 Å². The molecule has 5 atom stereocenters. The predicted molar refractivity (Wildman–Crippen MR) is 165 cm³/mol. The van der Waals surface area contributed by atoms with Crippen LogP contribution in [-0.4, -0.2) is 68.9 Å². The number of methoxy groups -OCH3 is 1. The van der Waals surface area contributed by atoms with Gasteiger partial charge in [-0.3, -0.25) is 0 Å². The van der Waals surface area contributed by atoms with Crippen LogP contribution in [0.4, 0.5) is 0 Å². The van der Waals surface area contributed by atoms with Gasteiger partial charge in [0.2, 0.25) is 0 Å². The Morgan fingerprint density at radius 1 is 0.825 bits per heavy atom. The fourth-order valence-electron chi connectivity index (χ4n) is 6.36. The van der Waals surface area contributed by atoms with E-state index in [0.717, 1.165) is 19.3 Å². The largest absolute Gasteiger partial charge is 0.451 e. The molecule has 1 rings (SSSR count). The van der Waals surface area contributed by atoms with Crippen molar-refractivity contribution in [3.05, 3.63) is 12.2 Å². The third-order valence-electron chi connectivity index (χ3n) is 8.56. The molecule has 0 bridgehead atoms. The standard InChI is InChI=1S/C32H62O7Si/c1-9-10-11-12-13-14-15-16-17-18-19-20-21-22-28(33)39-31-30(35)29(34)27(38-32(31)36-8)23-37-40(24(2)3,25(4)5)26(6)7/h21-22,24-27,29-32,34-35H,9-20,23H2,1-8H3/b22-21+/t27-,29+,30+,31-,32+/m1/s1. The first-order valence-electron chi connectivity index (χ1n) is 16.1. The van der Waals surface area contributed by atoms with Crippen molar-refractivity contribution < 1.29 is 33.6 Å². The van der Waals surface area contributed by atoms with Crippen LogP contribution in [0.2, 0.25) is 16.6 Å². The minimum atomic E-state index is -2.19. The summed E-state index contributed by atoms with van der Waals surface area (Å²) in [6, 6.07) is 0. The fraction of sp³-hybridized carbons (Fsp3) is 0.906. The predicted octanol–water partition coefficient (Wildman–Crippen LogP) is 7.44. The smallest absolute Gasteiger partial charge is 0.330 e. The van der Waals surface area contributed by atoms with Crippen LogP contribution in [0, 0.1) is 0 Å². The number of aliphatic hydroxyl groups excluding tert-OH is 2. The van der Waals surface area contributed by atoms with Crippen LogP contribution in [0.15, 0.2) is 12.2 Å². The van der Waals surface area contributed by atoms with Crippen molar-refractivity contribution in [2.24, 2.45) is 0 Å². The quantitative estimate of drug-likeness (QED) is 0.0625. The van der Waals surface area contributed by atoms with Gasteiger partial charge >= 0.3 is 5.97 Å². The average Bonchev–Trinajstić information content (AvgIpc) is 2.90. The number of hydrogen-bond donors (Lipinski definition) is 2. The highest BCUT2D eigenvalue weighted by molar-refractivity contribution is 6.77. The molecule has 236 valence electrons. The Morgan fingerprint density at radius 3 is 1.80 bits per heavy atom. The fourth-order valence-corrected chi connectivity index (χ4v) is 11.8. The van der Waals surface area contributed by atoms with Crippen molar-refractivity contribution >= 4 is 14.3 Å². The molecule has 1 aliphatic heterocycles. The van der Waals surface area contributed by atoms with Gasteiger partial charge in [0, 0.05) is 13.2 Å². The molecule has 0 amide bonds. The van der Waals surface area contributed by atoms with Crippen LogP contribution in [0.25, 0.3) is 0 Å². The molecule has 1 fully saturated rings. The first kappa shape index (κ1) is 37.3. The van der Waals surface area contributed by atoms with Gasteiger partial charge in [-0.2, -0.15) is 0 Å². The van der Waals surface area contributed by atoms with Crippen molar-refractivity contribution in [1.29, 1.82) is 0 Å². The molecule has 40 heavy (non-hydrogen) atoms. The van der Waals surface area contributed by atoms with Crippen LogP contribution < -0.4 is 0 Å². The maximum absolute atomic E-state index is 12.5. The molecule has 0 spiro atoms. The molecular formula is C32H62O7Si. The Labute approximate surface area is 246 Å². The molecule has 0 unspecified atom stereocenters. The number of rotatable bonds is 21. The number of unbranched alkanes of at least 4 members (excludes halogenated alkanes) is 11. The Kier molecular flexibility index (Phi) is 18.8. The number of esters is 1. The van der Waals surface area contributed by atoms with Gasteiger partial charge in [0.25, 0.3) is 0 Å². The van der Waals surface area contributed by atoms with Gasteiger partial charge < -0.3 is 28.8 Å². The van der Waals surface area contributed by atoms with Crippen LogP contribution in [0.3, 0.4) is 0 Å². The van der Waals surface area contributed by atoms with Crippen molar-refractivity contribution in [2.75, 3.05) is 13.7 Å². The van der Waals surface area contributed by atoms with E-state index in [9.17, 15) is 15.0 Å². The second-order valence-corrected chi connectivity index (χ2v) is 18.0.